The molecule has 0 fully saturated rings. The molecule has 4 rings (SSSR count). The molecule has 144 valence electrons. The molecule has 2 aromatic carbocycles. The van der Waals surface area contributed by atoms with Gasteiger partial charge in [-0.15, -0.1) is 0 Å². The van der Waals surface area contributed by atoms with Crippen molar-refractivity contribution in [3.8, 4) is 28.6 Å². The number of aromatic nitrogens is 3. The Bertz CT molecular complexity index is 1130. The fourth-order valence-corrected chi connectivity index (χ4v) is 2.90. The first-order valence-corrected chi connectivity index (χ1v) is 8.57. The van der Waals surface area contributed by atoms with Gasteiger partial charge in [-0.3, -0.25) is 0 Å². The lowest BCUT2D eigenvalue weighted by atomic mass is 10.1. The maximum absolute atomic E-state index is 12.7. The Morgan fingerprint density at radius 2 is 1.96 bits per heavy atom. The van der Waals surface area contributed by atoms with Crippen molar-refractivity contribution in [2.75, 3.05) is 0 Å². The van der Waals surface area contributed by atoms with E-state index >= 15 is 0 Å². The largest absolute Gasteiger partial charge is 0.481 e. The zero-order valence-corrected chi connectivity index (χ0v) is 15.0. The topological polar surface area (TPSA) is 63.9 Å². The summed E-state index contributed by atoms with van der Waals surface area (Å²) in [5.41, 5.74) is 2.93. The van der Waals surface area contributed by atoms with Crippen LogP contribution in [0.5, 0.6) is 5.75 Å². The van der Waals surface area contributed by atoms with E-state index in [0.717, 1.165) is 23.4 Å². The van der Waals surface area contributed by atoms with Crippen LogP contribution >= 0.6 is 0 Å². The quantitative estimate of drug-likeness (QED) is 0.501. The summed E-state index contributed by atoms with van der Waals surface area (Å²) in [6, 6.07) is 12.4. The van der Waals surface area contributed by atoms with E-state index in [4.69, 9.17) is 9.26 Å². The highest BCUT2D eigenvalue weighted by Crippen LogP contribution is 2.31. The monoisotopic (exact) mass is 387 g/mol. The van der Waals surface area contributed by atoms with Crippen LogP contribution in [0.15, 0.2) is 53.2 Å². The van der Waals surface area contributed by atoms with Crippen molar-refractivity contribution in [1.82, 2.24) is 15.1 Å². The summed E-state index contributed by atoms with van der Waals surface area (Å²) in [6.07, 6.45) is -4.49. The van der Waals surface area contributed by atoms with Crippen LogP contribution in [0.2, 0.25) is 0 Å². The Morgan fingerprint density at radius 3 is 2.71 bits per heavy atom. The zero-order chi connectivity index (χ0) is 19.9. The first kappa shape index (κ1) is 18.1. The first-order valence-electron chi connectivity index (χ1n) is 8.57. The van der Waals surface area contributed by atoms with Gasteiger partial charge in [0.05, 0.1) is 0 Å². The molecule has 1 N–H and O–H groups in total. The molecule has 0 spiro atoms. The first-order chi connectivity index (χ1) is 13.3. The van der Waals surface area contributed by atoms with Gasteiger partial charge >= 0.3 is 6.18 Å². The van der Waals surface area contributed by atoms with Gasteiger partial charge in [0, 0.05) is 28.2 Å². The average Bonchev–Trinajstić information content (AvgIpc) is 3.31. The number of aromatic amines is 1. The van der Waals surface area contributed by atoms with E-state index in [9.17, 15) is 13.2 Å². The number of nitrogens with one attached hydrogen (secondary N) is 1. The lowest BCUT2D eigenvalue weighted by molar-refractivity contribution is -0.189. The molecule has 0 aliphatic heterocycles. The number of benzene rings is 2. The molecule has 1 atom stereocenters. The van der Waals surface area contributed by atoms with Crippen molar-refractivity contribution in [2.24, 2.45) is 0 Å². The molecular weight excluding hydrogens is 371 g/mol. The second-order valence-corrected chi connectivity index (χ2v) is 6.45. The van der Waals surface area contributed by atoms with Gasteiger partial charge in [0.15, 0.2) is 6.10 Å². The van der Waals surface area contributed by atoms with E-state index in [1.165, 1.54) is 6.07 Å². The second kappa shape index (κ2) is 6.70. The number of H-pyrrole nitrogens is 1. The number of rotatable bonds is 4. The average molecular weight is 387 g/mol. The molecule has 0 aliphatic carbocycles. The van der Waals surface area contributed by atoms with Crippen molar-refractivity contribution < 1.29 is 22.4 Å². The molecular formula is C20H16F3N3O2. The summed E-state index contributed by atoms with van der Waals surface area (Å²) in [7, 11) is 0. The maximum Gasteiger partial charge on any atom is 0.425 e. The summed E-state index contributed by atoms with van der Waals surface area (Å²) in [5, 5.41) is 5.01. The van der Waals surface area contributed by atoms with Gasteiger partial charge < -0.3 is 14.2 Å². The minimum absolute atomic E-state index is 0.158. The number of nitrogens with zero attached hydrogens (tertiary/aromatic N) is 2. The van der Waals surface area contributed by atoms with E-state index in [1.807, 2.05) is 30.5 Å². The molecule has 4 aromatic rings. The molecule has 2 heterocycles. The lowest BCUT2D eigenvalue weighted by Crippen LogP contribution is -2.31. The summed E-state index contributed by atoms with van der Waals surface area (Å²) < 4.78 is 48.5. The number of hydrogen-bond donors (Lipinski definition) is 1. The molecule has 0 unspecified atom stereocenters. The van der Waals surface area contributed by atoms with Crippen molar-refractivity contribution in [3.63, 3.8) is 0 Å². The highest BCUT2D eigenvalue weighted by Gasteiger charge is 2.38. The third-order valence-electron chi connectivity index (χ3n) is 4.45. The van der Waals surface area contributed by atoms with Crippen LogP contribution in [-0.2, 0) is 0 Å². The maximum atomic E-state index is 12.7. The minimum Gasteiger partial charge on any atom is -0.481 e. The molecule has 0 amide bonds. The van der Waals surface area contributed by atoms with Crippen LogP contribution in [0, 0.1) is 6.92 Å². The normalized spacial score (nSPS) is 13.0. The smallest absolute Gasteiger partial charge is 0.425 e. The molecule has 0 aliphatic rings. The van der Waals surface area contributed by atoms with Crippen molar-refractivity contribution in [2.45, 2.75) is 26.1 Å². The molecule has 2 aromatic heterocycles. The molecule has 0 saturated carbocycles. The SMILES string of the molecule is Cc1cc(-c2nc(-c3cccc4[nH]ccc34)no2)ccc1O[C@@H](C)C(F)(F)F. The van der Waals surface area contributed by atoms with Crippen LogP contribution in [0.4, 0.5) is 13.2 Å². The number of alkyl halides is 3. The molecule has 0 bridgehead atoms. The van der Waals surface area contributed by atoms with Crippen molar-refractivity contribution in [3.05, 3.63) is 54.2 Å². The van der Waals surface area contributed by atoms with Crippen LogP contribution in [0.3, 0.4) is 0 Å². The molecule has 0 saturated heterocycles. The predicted molar refractivity (Wildman–Crippen MR) is 97.9 cm³/mol. The van der Waals surface area contributed by atoms with Gasteiger partial charge in [0.1, 0.15) is 5.75 Å². The standard InChI is InChI=1S/C20H16F3N3O2/c1-11-10-13(6-7-17(11)27-12(2)20(21,22)23)19-25-18(26-28-19)15-4-3-5-16-14(15)8-9-24-16/h3-10,12,24H,1-2H3/t12-/m0/s1. The third-order valence-corrected chi connectivity index (χ3v) is 4.45. The Morgan fingerprint density at radius 1 is 1.14 bits per heavy atom. The third kappa shape index (κ3) is 3.33. The Labute approximate surface area is 158 Å². The van der Waals surface area contributed by atoms with E-state index < -0.39 is 12.3 Å². The van der Waals surface area contributed by atoms with Crippen molar-refractivity contribution in [1.29, 1.82) is 0 Å². The zero-order valence-electron chi connectivity index (χ0n) is 15.0. The number of ether oxygens (including phenoxy) is 1. The molecule has 5 nitrogen and oxygen atoms in total. The molecule has 28 heavy (non-hydrogen) atoms. The highest BCUT2D eigenvalue weighted by atomic mass is 19.4. The molecule has 0 radical (unpaired) electrons. The van der Waals surface area contributed by atoms with Gasteiger partial charge in [0.25, 0.3) is 5.89 Å². The van der Waals surface area contributed by atoms with E-state index in [0.29, 0.717) is 17.0 Å². The van der Waals surface area contributed by atoms with Gasteiger partial charge in [-0.05, 0) is 49.7 Å². The number of hydrogen-bond acceptors (Lipinski definition) is 4. The van der Waals surface area contributed by atoms with Gasteiger partial charge in [0.2, 0.25) is 5.82 Å². The Balaban J connectivity index is 1.62. The van der Waals surface area contributed by atoms with Gasteiger partial charge in [-0.1, -0.05) is 17.3 Å². The molecule has 8 heteroatoms. The summed E-state index contributed by atoms with van der Waals surface area (Å²) in [6.45, 7) is 2.64. The number of halogens is 3. The van der Waals surface area contributed by atoms with E-state index in [1.54, 1.807) is 19.1 Å². The predicted octanol–water partition coefficient (Wildman–Crippen LogP) is 5.52. The van der Waals surface area contributed by atoms with Crippen LogP contribution < -0.4 is 4.74 Å². The van der Waals surface area contributed by atoms with Crippen LogP contribution in [-0.4, -0.2) is 27.4 Å². The minimum atomic E-state index is -4.42. The fourth-order valence-electron chi connectivity index (χ4n) is 2.90. The Hall–Kier alpha value is -3.29. The fraction of sp³-hybridized carbons (Fsp3) is 0.200. The van der Waals surface area contributed by atoms with Crippen LogP contribution in [0.25, 0.3) is 33.7 Å². The summed E-state index contributed by atoms with van der Waals surface area (Å²) in [5.74, 6) is 0.871. The van der Waals surface area contributed by atoms with Crippen LogP contribution in [0.1, 0.15) is 12.5 Å². The van der Waals surface area contributed by atoms with Crippen molar-refractivity contribution >= 4 is 10.9 Å². The van der Waals surface area contributed by atoms with E-state index in [-0.39, 0.29) is 11.6 Å². The lowest BCUT2D eigenvalue weighted by Gasteiger charge is -2.19. The highest BCUT2D eigenvalue weighted by molar-refractivity contribution is 5.93. The number of aryl methyl sites for hydroxylation is 1. The van der Waals surface area contributed by atoms with Gasteiger partial charge in [-0.25, -0.2) is 0 Å². The number of fused-ring (bicyclic) bond motifs is 1. The summed E-state index contributed by atoms with van der Waals surface area (Å²) >= 11 is 0. The Kier molecular flexibility index (Phi) is 4.33. The summed E-state index contributed by atoms with van der Waals surface area (Å²) in [4.78, 5) is 7.57. The van der Waals surface area contributed by atoms with E-state index in [2.05, 4.69) is 15.1 Å². The second-order valence-electron chi connectivity index (χ2n) is 6.45. The van der Waals surface area contributed by atoms with Gasteiger partial charge in [-0.2, -0.15) is 18.2 Å².